The van der Waals surface area contributed by atoms with Gasteiger partial charge in [-0.05, 0) is 85.6 Å². The largest absolute Gasteiger partial charge is 0.344 e. The molecule has 0 unspecified atom stereocenters. The second kappa shape index (κ2) is 18.6. The molecule has 0 fully saturated rings. The molecule has 0 aliphatic rings. The van der Waals surface area contributed by atoms with E-state index in [4.69, 9.17) is 18.2 Å². The Hall–Kier alpha value is -7.40. The number of aromatic nitrogens is 5. The Balaban J connectivity index is 0.00000753. The minimum Gasteiger partial charge on any atom is -0.344 e. The van der Waals surface area contributed by atoms with Gasteiger partial charge in [-0.15, -0.1) is 23.6 Å². The molecule has 0 aliphatic carbocycles. The third-order valence-corrected chi connectivity index (χ3v) is 12.9. The van der Waals surface area contributed by atoms with E-state index < -0.39 is 60.4 Å². The predicted octanol–water partition coefficient (Wildman–Crippen LogP) is 15.9. The molecule has 7 aromatic carbocycles. The fraction of sp³-hybridized carbons (Fsp3) is 0.185. The summed E-state index contributed by atoms with van der Waals surface area (Å²) in [6, 6.07) is 41.4. The maximum Gasteiger partial charge on any atom is 0.268 e. The molecule has 0 bridgehead atoms. The molecule has 72 heavy (non-hydrogen) atoms. The third-order valence-electron chi connectivity index (χ3n) is 12.9. The second-order valence-corrected chi connectivity index (χ2v) is 20.9. The van der Waals surface area contributed by atoms with Gasteiger partial charge in [-0.3, -0.25) is 4.57 Å². The minimum atomic E-state index is -0.574. The standard InChI is InChI=1S/C65H58N6.Pt/c1-63(2,3)46-36-37-66-60(39-46)71-55-31-17-16-28-53(55)54-35-34-50(42-58(54)71)70(61-40-47(64(4,5)6)38-59(67-61)65(7,8)9)49-27-20-26-48(41-49)68-43-69(57-33-19-18-32-56(57)68)62-51(44-22-12-10-13-23-44)29-21-30-52(62)45-24-14-11-15-25-45;/h10-40H,1-9H3;/q-2;/i10D,11D,12D,13D,14D,15D,22D,23D,24D,25D;. The van der Waals surface area contributed by atoms with Gasteiger partial charge in [0.1, 0.15) is 11.6 Å². The van der Waals surface area contributed by atoms with Crippen molar-refractivity contribution in [2.24, 2.45) is 0 Å². The van der Waals surface area contributed by atoms with Crippen LogP contribution in [0.3, 0.4) is 0 Å². The average molecular weight is 1130 g/mol. The summed E-state index contributed by atoms with van der Waals surface area (Å²) in [4.78, 5) is 12.5. The molecule has 360 valence electrons. The summed E-state index contributed by atoms with van der Waals surface area (Å²) in [7, 11) is 0. The number of benzene rings is 7. The zero-order valence-electron chi connectivity index (χ0n) is 51.6. The Morgan fingerprint density at radius 2 is 1.19 bits per heavy atom. The molecule has 0 N–H and O–H groups in total. The molecule has 0 atom stereocenters. The summed E-state index contributed by atoms with van der Waals surface area (Å²) in [5.74, 6) is 1.40. The van der Waals surface area contributed by atoms with Crippen LogP contribution in [-0.2, 0) is 37.3 Å². The van der Waals surface area contributed by atoms with Crippen LogP contribution >= 0.6 is 0 Å². The van der Waals surface area contributed by atoms with Gasteiger partial charge in [0.15, 0.2) is 0 Å². The molecule has 0 spiro atoms. The quantitative estimate of drug-likeness (QED) is 0.112. The van der Waals surface area contributed by atoms with Gasteiger partial charge in [-0.1, -0.05) is 200 Å². The van der Waals surface area contributed by atoms with Gasteiger partial charge in [0.2, 0.25) is 0 Å². The van der Waals surface area contributed by atoms with Crippen LogP contribution in [0.5, 0.6) is 0 Å². The zero-order valence-corrected chi connectivity index (χ0v) is 43.9. The van der Waals surface area contributed by atoms with Crippen LogP contribution in [0.2, 0.25) is 0 Å². The summed E-state index contributed by atoms with van der Waals surface area (Å²) in [6.45, 7) is 19.6. The molecule has 0 saturated carbocycles. The Kier molecular flexibility index (Phi) is 9.68. The van der Waals surface area contributed by atoms with Crippen LogP contribution in [0.25, 0.3) is 72.3 Å². The number of nitrogens with zero attached hydrogens (tertiary/aromatic N) is 6. The Morgan fingerprint density at radius 3 is 1.86 bits per heavy atom. The normalized spacial score (nSPS) is 14.1. The van der Waals surface area contributed by atoms with Crippen LogP contribution in [0, 0.1) is 18.5 Å². The summed E-state index contributed by atoms with van der Waals surface area (Å²) < 4.78 is 94.0. The van der Waals surface area contributed by atoms with E-state index in [0.29, 0.717) is 33.9 Å². The van der Waals surface area contributed by atoms with Crippen molar-refractivity contribution in [1.82, 2.24) is 19.1 Å². The predicted molar refractivity (Wildman–Crippen MR) is 293 cm³/mol. The van der Waals surface area contributed by atoms with E-state index in [1.165, 1.54) is 0 Å². The molecule has 6 nitrogen and oxygen atoms in total. The van der Waals surface area contributed by atoms with Crippen molar-refractivity contribution >= 4 is 50.0 Å². The van der Waals surface area contributed by atoms with E-state index in [0.717, 1.165) is 44.4 Å². The molecule has 0 saturated heterocycles. The van der Waals surface area contributed by atoms with Gasteiger partial charge in [0, 0.05) is 43.9 Å². The first kappa shape index (κ1) is 37.4. The molecule has 11 rings (SSSR count). The van der Waals surface area contributed by atoms with E-state index in [-0.39, 0.29) is 65.3 Å². The monoisotopic (exact) mass is 1130 g/mol. The molecule has 4 heterocycles. The van der Waals surface area contributed by atoms with Gasteiger partial charge in [0.25, 0.3) is 6.33 Å². The van der Waals surface area contributed by atoms with Gasteiger partial charge < -0.3 is 14.0 Å². The van der Waals surface area contributed by atoms with Gasteiger partial charge in [-0.25, -0.2) is 9.97 Å². The van der Waals surface area contributed by atoms with Crippen molar-refractivity contribution in [2.75, 3.05) is 4.90 Å². The first-order chi connectivity index (χ1) is 38.3. The smallest absolute Gasteiger partial charge is 0.268 e. The maximum absolute atomic E-state index is 9.17. The second-order valence-electron chi connectivity index (χ2n) is 20.9. The molecule has 7 heteroatoms. The number of para-hydroxylation sites is 4. The summed E-state index contributed by atoms with van der Waals surface area (Å²) in [5.41, 5.74) is 7.28. The number of rotatable bonds is 8. The fourth-order valence-electron chi connectivity index (χ4n) is 9.15. The number of fused-ring (bicyclic) bond motifs is 4. The summed E-state index contributed by atoms with van der Waals surface area (Å²) >= 11 is 0. The molecular formula is C65H58N6Pt-2. The molecular weight excluding hydrogens is 1060 g/mol. The van der Waals surface area contributed by atoms with Crippen molar-refractivity contribution < 1.29 is 39.3 Å². The first-order valence-corrected chi connectivity index (χ1v) is 23.8. The molecule has 4 aromatic heterocycles. The topological polar surface area (TPSA) is 42.8 Å². The minimum absolute atomic E-state index is 0. The van der Waals surface area contributed by atoms with Crippen LogP contribution in [-0.4, -0.2) is 19.1 Å². The van der Waals surface area contributed by atoms with E-state index in [2.05, 4.69) is 139 Å². The van der Waals surface area contributed by atoms with E-state index in [9.17, 15) is 5.48 Å². The van der Waals surface area contributed by atoms with Gasteiger partial charge >= 0.3 is 0 Å². The number of imidazole rings is 1. The van der Waals surface area contributed by atoms with Crippen LogP contribution in [0.4, 0.5) is 17.2 Å². The van der Waals surface area contributed by atoms with Crippen molar-refractivity contribution in [3.63, 3.8) is 0 Å². The van der Waals surface area contributed by atoms with Gasteiger partial charge in [-0.2, -0.15) is 24.3 Å². The van der Waals surface area contributed by atoms with E-state index in [1.807, 2.05) is 60.8 Å². The number of hydrogen-bond acceptors (Lipinski definition) is 3. The number of pyridine rings is 2. The van der Waals surface area contributed by atoms with Crippen LogP contribution < -0.4 is 9.47 Å². The van der Waals surface area contributed by atoms with Crippen molar-refractivity contribution in [3.05, 3.63) is 223 Å². The molecule has 0 amide bonds. The molecule has 11 aromatic rings. The first-order valence-electron chi connectivity index (χ1n) is 28.8. The van der Waals surface area contributed by atoms with Crippen molar-refractivity contribution in [2.45, 2.75) is 78.6 Å². The molecule has 0 radical (unpaired) electrons. The number of hydrogen-bond donors (Lipinski definition) is 0. The number of anilines is 3. The zero-order chi connectivity index (χ0) is 57.9. The molecule has 0 aliphatic heterocycles. The van der Waals surface area contributed by atoms with Crippen LogP contribution in [0.15, 0.2) is 188 Å². The third kappa shape index (κ3) is 8.87. The maximum atomic E-state index is 9.17. The van der Waals surface area contributed by atoms with E-state index in [1.54, 1.807) is 27.3 Å². The van der Waals surface area contributed by atoms with Crippen molar-refractivity contribution in [3.8, 4) is 39.4 Å². The average Bonchev–Trinajstić information content (AvgIpc) is 4.10. The van der Waals surface area contributed by atoms with E-state index >= 15 is 0 Å². The van der Waals surface area contributed by atoms with Crippen molar-refractivity contribution in [1.29, 1.82) is 0 Å². The Morgan fingerprint density at radius 1 is 0.569 bits per heavy atom. The summed E-state index contributed by atoms with van der Waals surface area (Å²) in [6.07, 6.45) is 5.39. The van der Waals surface area contributed by atoms with Gasteiger partial charge in [0.05, 0.1) is 30.4 Å². The summed E-state index contributed by atoms with van der Waals surface area (Å²) in [5, 5.41) is 2.04. The fourth-order valence-corrected chi connectivity index (χ4v) is 9.15. The Bertz CT molecular complexity index is 4220. The Labute approximate surface area is 452 Å². The SMILES string of the molecule is [2H]c1c([2H])c([2H])c(-c2cccc(-c3c([2H])c([2H])c([2H])c([2H])c3[2H])c2-[n+]2[c-]n(-c3[c-]c(N(c4[c-]c5c(cc4)c4ccccc4n5-c4cc(C(C)(C)C)ccn4)c4cc(C(C)(C)C)cc(C(C)(C)C)n4)ccc3)c3ccccc32)c([2H])c1[2H].[Pt]. The van der Waals surface area contributed by atoms with Crippen LogP contribution in [0.1, 0.15) is 92.8 Å².